The molecule has 0 saturated heterocycles. The molecule has 1 heterocycles. The number of phenolic OH excluding ortho intramolecular Hbond substituents is 4. The molecule has 3 aromatic rings. The molecule has 0 radical (unpaired) electrons. The predicted molar refractivity (Wildman–Crippen MR) is 129 cm³/mol. The first-order chi connectivity index (χ1) is 14.6. The van der Waals surface area contributed by atoms with Gasteiger partial charge in [-0.05, 0) is 71.9 Å². The monoisotopic (exact) mass is 534 g/mol. The minimum atomic E-state index is -0.482. The van der Waals surface area contributed by atoms with Crippen LogP contribution in [0.4, 0.5) is 0 Å². The summed E-state index contributed by atoms with van der Waals surface area (Å²) in [5, 5.41) is 41.2. The number of fused-ring (bicyclic) bond motifs is 1. The normalized spacial score (nSPS) is 11.7. The molecule has 3 rings (SSSR count). The summed E-state index contributed by atoms with van der Waals surface area (Å²) >= 11 is 2.15. The Morgan fingerprint density at radius 1 is 0.935 bits per heavy atom. The van der Waals surface area contributed by atoms with Crippen LogP contribution in [-0.4, -0.2) is 20.4 Å². The third-order valence-electron chi connectivity index (χ3n) is 4.85. The maximum atomic E-state index is 12.8. The van der Waals surface area contributed by atoms with Gasteiger partial charge in [-0.25, -0.2) is 0 Å². The first-order valence-electron chi connectivity index (χ1n) is 9.61. The van der Waals surface area contributed by atoms with Crippen molar-refractivity contribution in [3.05, 3.63) is 66.9 Å². The zero-order valence-corrected chi connectivity index (χ0v) is 19.5. The van der Waals surface area contributed by atoms with Crippen LogP contribution in [0.15, 0.2) is 54.8 Å². The van der Waals surface area contributed by atoms with Crippen LogP contribution in [0.5, 0.6) is 23.0 Å². The topological polar surface area (TPSA) is 111 Å². The molecule has 31 heavy (non-hydrogen) atoms. The second-order valence-corrected chi connectivity index (χ2v) is 9.26. The summed E-state index contributed by atoms with van der Waals surface area (Å²) in [6.07, 6.45) is 4.38. The molecule has 0 atom stereocenters. The summed E-state index contributed by atoms with van der Waals surface area (Å²) in [7, 11) is 0. The summed E-state index contributed by atoms with van der Waals surface area (Å²) in [4.78, 5) is 12.8. The fourth-order valence-electron chi connectivity index (χ4n) is 3.21. The van der Waals surface area contributed by atoms with Crippen LogP contribution in [0.25, 0.3) is 22.3 Å². The number of hydrogen-bond acceptors (Lipinski definition) is 6. The zero-order chi connectivity index (χ0) is 22.9. The molecule has 0 aliphatic rings. The molecule has 0 fully saturated rings. The fourth-order valence-corrected chi connectivity index (χ4v) is 3.43. The van der Waals surface area contributed by atoms with Gasteiger partial charge < -0.3 is 24.8 Å². The molecule has 6 nitrogen and oxygen atoms in total. The van der Waals surface area contributed by atoms with Gasteiger partial charge in [0.25, 0.3) is 0 Å². The van der Waals surface area contributed by atoms with Crippen LogP contribution in [0.2, 0.25) is 0 Å². The van der Waals surface area contributed by atoms with Crippen LogP contribution in [0.3, 0.4) is 0 Å². The molecular formula is C24H23IO6. The maximum Gasteiger partial charge on any atom is 0.197 e. The summed E-state index contributed by atoms with van der Waals surface area (Å²) in [6, 6.07) is 5.45. The average molecular weight is 534 g/mol. The van der Waals surface area contributed by atoms with E-state index >= 15 is 0 Å². The molecule has 0 aliphatic carbocycles. The third kappa shape index (κ3) is 4.87. The van der Waals surface area contributed by atoms with Crippen molar-refractivity contribution < 1.29 is 24.8 Å². The summed E-state index contributed by atoms with van der Waals surface area (Å²) in [5.74, 6) is -0.929. The maximum absolute atomic E-state index is 12.8. The molecule has 0 unspecified atom stereocenters. The van der Waals surface area contributed by atoms with Crippen LogP contribution in [0, 0.1) is 0 Å². The van der Waals surface area contributed by atoms with E-state index in [0.717, 1.165) is 9.15 Å². The number of aromatic hydroxyl groups is 4. The molecule has 0 spiro atoms. The van der Waals surface area contributed by atoms with Gasteiger partial charge in [-0.2, -0.15) is 0 Å². The van der Waals surface area contributed by atoms with Gasteiger partial charge in [0.2, 0.25) is 0 Å². The number of halogens is 1. The minimum Gasteiger partial charge on any atom is -0.507 e. The molecular weight excluding hydrogens is 511 g/mol. The highest BCUT2D eigenvalue weighted by Gasteiger charge is 2.18. The lowest BCUT2D eigenvalue weighted by Gasteiger charge is -2.11. The molecule has 162 valence electrons. The largest absolute Gasteiger partial charge is 0.507 e. The first-order valence-corrected chi connectivity index (χ1v) is 10.7. The van der Waals surface area contributed by atoms with E-state index in [2.05, 4.69) is 22.6 Å². The molecule has 4 N–H and O–H groups in total. The van der Waals surface area contributed by atoms with Crippen LogP contribution < -0.4 is 5.43 Å². The summed E-state index contributed by atoms with van der Waals surface area (Å²) in [5.41, 5.74) is 1.66. The number of allylic oxidation sites excluding steroid dienone is 4. The number of benzene rings is 2. The second-order valence-electron chi connectivity index (χ2n) is 7.55. The lowest BCUT2D eigenvalue weighted by molar-refractivity contribution is 0.400. The molecule has 7 heteroatoms. The standard InChI is InChI=1S/C24H23IO6/c1-12(2)4-7-16-17(26)10-21-22(24(16)30)18(27)11-20(31-21)15-8-14(6-5-13(3)25)23(29)19(28)9-15/h4-5,8-11,26,28-30H,6-7H2,1-3H3/b13-5+. The molecule has 1 aromatic heterocycles. The van der Waals surface area contributed by atoms with E-state index in [1.807, 2.05) is 32.9 Å². The second kappa shape index (κ2) is 9.05. The van der Waals surface area contributed by atoms with Crippen molar-refractivity contribution in [3.63, 3.8) is 0 Å². The molecule has 0 saturated carbocycles. The Labute approximate surface area is 192 Å². The van der Waals surface area contributed by atoms with Crippen molar-refractivity contribution in [1.82, 2.24) is 0 Å². The van der Waals surface area contributed by atoms with Crippen molar-refractivity contribution in [1.29, 1.82) is 0 Å². The van der Waals surface area contributed by atoms with Crippen molar-refractivity contribution >= 4 is 33.6 Å². The van der Waals surface area contributed by atoms with Crippen LogP contribution in [-0.2, 0) is 12.8 Å². The Morgan fingerprint density at radius 3 is 2.29 bits per heavy atom. The SMILES string of the molecule is CC(C)=CCc1c(O)cc2oc(-c3cc(O)c(O)c(C/C=C(\C)I)c3)cc(=O)c2c1O. The lowest BCUT2D eigenvalue weighted by atomic mass is 10.0. The molecule has 0 amide bonds. The van der Waals surface area contributed by atoms with Gasteiger partial charge in [0.1, 0.15) is 28.2 Å². The van der Waals surface area contributed by atoms with E-state index in [-0.39, 0.29) is 51.7 Å². The highest BCUT2D eigenvalue weighted by atomic mass is 127. The highest BCUT2D eigenvalue weighted by Crippen LogP contribution is 2.38. The minimum absolute atomic E-state index is 0.0228. The van der Waals surface area contributed by atoms with Crippen molar-refractivity contribution in [3.8, 4) is 34.3 Å². The van der Waals surface area contributed by atoms with Gasteiger partial charge in [-0.1, -0.05) is 17.7 Å². The van der Waals surface area contributed by atoms with Crippen LogP contribution in [0.1, 0.15) is 31.9 Å². The van der Waals surface area contributed by atoms with Gasteiger partial charge in [-0.15, -0.1) is 0 Å². The number of hydrogen-bond donors (Lipinski definition) is 4. The first kappa shape index (κ1) is 22.7. The quantitative estimate of drug-likeness (QED) is 0.191. The van der Waals surface area contributed by atoms with E-state index in [9.17, 15) is 25.2 Å². The van der Waals surface area contributed by atoms with E-state index in [4.69, 9.17) is 4.42 Å². The number of rotatable bonds is 5. The fraction of sp³-hybridized carbons (Fsp3) is 0.208. The van der Waals surface area contributed by atoms with E-state index in [0.29, 0.717) is 17.5 Å². The summed E-state index contributed by atoms with van der Waals surface area (Å²) in [6.45, 7) is 5.71. The Kier molecular flexibility index (Phi) is 6.64. The van der Waals surface area contributed by atoms with Gasteiger partial charge in [-0.3, -0.25) is 4.79 Å². The third-order valence-corrected chi connectivity index (χ3v) is 5.29. The Bertz CT molecular complexity index is 1280. The highest BCUT2D eigenvalue weighted by molar-refractivity contribution is 14.1. The van der Waals surface area contributed by atoms with Crippen molar-refractivity contribution in [2.24, 2.45) is 0 Å². The Balaban J connectivity index is 2.17. The van der Waals surface area contributed by atoms with Gasteiger partial charge in [0.15, 0.2) is 16.9 Å². The number of phenols is 4. The average Bonchev–Trinajstić information content (AvgIpc) is 2.67. The lowest BCUT2D eigenvalue weighted by Crippen LogP contribution is -2.02. The van der Waals surface area contributed by atoms with Crippen molar-refractivity contribution in [2.45, 2.75) is 33.6 Å². The Hall–Kier alpha value is -2.94. The van der Waals surface area contributed by atoms with E-state index in [1.165, 1.54) is 18.2 Å². The predicted octanol–water partition coefficient (Wildman–Crippen LogP) is 5.67. The van der Waals surface area contributed by atoms with Crippen molar-refractivity contribution in [2.75, 3.05) is 0 Å². The zero-order valence-electron chi connectivity index (χ0n) is 17.4. The van der Waals surface area contributed by atoms with Crippen LogP contribution >= 0.6 is 22.6 Å². The van der Waals surface area contributed by atoms with Gasteiger partial charge in [0.05, 0.1) is 0 Å². The van der Waals surface area contributed by atoms with Gasteiger partial charge in [0, 0.05) is 28.8 Å². The van der Waals surface area contributed by atoms with E-state index in [1.54, 1.807) is 6.07 Å². The molecule has 0 bridgehead atoms. The van der Waals surface area contributed by atoms with E-state index < -0.39 is 5.43 Å². The molecule has 2 aromatic carbocycles. The smallest absolute Gasteiger partial charge is 0.197 e. The Morgan fingerprint density at radius 2 is 1.65 bits per heavy atom. The summed E-state index contributed by atoms with van der Waals surface area (Å²) < 4.78 is 6.82. The molecule has 0 aliphatic heterocycles. The van der Waals surface area contributed by atoms with Gasteiger partial charge >= 0.3 is 0 Å².